The number of piperazine rings is 1. The van der Waals surface area contributed by atoms with Gasteiger partial charge < -0.3 is 19.5 Å². The second-order valence-electron chi connectivity index (χ2n) is 8.80. The molecule has 0 radical (unpaired) electrons. The van der Waals surface area contributed by atoms with E-state index < -0.39 is 11.7 Å². The molecule has 0 spiro atoms. The third kappa shape index (κ3) is 4.00. The van der Waals surface area contributed by atoms with Crippen molar-refractivity contribution in [1.82, 2.24) is 29.5 Å². The smallest absolute Gasteiger partial charge is 0.295 e. The molecule has 4 aromatic rings. The van der Waals surface area contributed by atoms with Crippen LogP contribution in [0.5, 0.6) is 5.75 Å². The van der Waals surface area contributed by atoms with Gasteiger partial charge in [-0.3, -0.25) is 19.1 Å². The number of carbonyl (C=O) groups excluding carboxylic acids is 3. The van der Waals surface area contributed by atoms with Crippen LogP contribution in [0.3, 0.4) is 0 Å². The minimum atomic E-state index is -0.646. The molecule has 0 unspecified atom stereocenters. The van der Waals surface area contributed by atoms with E-state index in [0.29, 0.717) is 46.7 Å². The molecule has 0 aliphatic carbocycles. The first kappa shape index (κ1) is 23.3. The maximum Gasteiger partial charge on any atom is 0.295 e. The van der Waals surface area contributed by atoms with Gasteiger partial charge in [-0.2, -0.15) is 5.10 Å². The van der Waals surface area contributed by atoms with E-state index in [4.69, 9.17) is 4.74 Å². The van der Waals surface area contributed by atoms with Gasteiger partial charge in [0.1, 0.15) is 17.1 Å². The molecule has 1 atom stereocenters. The highest BCUT2D eigenvalue weighted by atomic mass is 16.5. The van der Waals surface area contributed by atoms with Gasteiger partial charge in [0.15, 0.2) is 0 Å². The number of aromatic amines is 1. The van der Waals surface area contributed by atoms with Crippen LogP contribution in [0.4, 0.5) is 0 Å². The Kier molecular flexibility index (Phi) is 6.01. The Morgan fingerprint density at radius 3 is 2.56 bits per heavy atom. The molecule has 0 saturated carbocycles. The minimum Gasteiger partial charge on any atom is -0.494 e. The number of amides is 2. The van der Waals surface area contributed by atoms with Crippen LogP contribution in [0.15, 0.2) is 55.0 Å². The number of carbonyl (C=O) groups is 3. The van der Waals surface area contributed by atoms with Gasteiger partial charge in [-0.25, -0.2) is 4.98 Å². The fourth-order valence-corrected chi connectivity index (χ4v) is 4.64. The molecular formula is C26H26N6O4. The molecule has 1 saturated heterocycles. The summed E-state index contributed by atoms with van der Waals surface area (Å²) < 4.78 is 7.13. The zero-order valence-corrected chi connectivity index (χ0v) is 20.3. The molecular weight excluding hydrogens is 460 g/mol. The van der Waals surface area contributed by atoms with Crippen molar-refractivity contribution in [2.24, 2.45) is 7.05 Å². The van der Waals surface area contributed by atoms with Crippen LogP contribution < -0.4 is 4.74 Å². The molecule has 10 heteroatoms. The summed E-state index contributed by atoms with van der Waals surface area (Å²) in [5.74, 6) is -0.967. The number of pyridine rings is 1. The standard InChI is InChI=1S/C26H26N6O4/c1-16-15-31(25(34)17-7-5-4-6-8-17)11-12-32(16)26(35)24(33)18-13-27-23-21(18)20(36-3)14-28-22(23)19-9-10-30(2)29-19/h4-10,13-14,16,27H,11-12,15H2,1-3H3/t16-/m1/s1. The molecule has 1 aliphatic rings. The predicted molar refractivity (Wildman–Crippen MR) is 133 cm³/mol. The van der Waals surface area contributed by atoms with Crippen molar-refractivity contribution >= 4 is 28.5 Å². The second kappa shape index (κ2) is 9.29. The Labute approximate surface area is 207 Å². The molecule has 1 fully saturated rings. The number of nitrogens with zero attached hydrogens (tertiary/aromatic N) is 5. The fraction of sp³-hybridized carbons (Fsp3) is 0.269. The number of nitrogens with one attached hydrogen (secondary N) is 1. The molecule has 2 amide bonds. The van der Waals surface area contributed by atoms with Crippen LogP contribution in [-0.4, -0.2) is 79.9 Å². The lowest BCUT2D eigenvalue weighted by Gasteiger charge is -2.39. The first-order valence-corrected chi connectivity index (χ1v) is 11.6. The van der Waals surface area contributed by atoms with Gasteiger partial charge in [-0.1, -0.05) is 18.2 Å². The van der Waals surface area contributed by atoms with E-state index in [0.717, 1.165) is 0 Å². The summed E-state index contributed by atoms with van der Waals surface area (Å²) in [6, 6.07) is 10.5. The van der Waals surface area contributed by atoms with Crippen molar-refractivity contribution in [3.8, 4) is 17.1 Å². The lowest BCUT2D eigenvalue weighted by atomic mass is 10.0. The van der Waals surface area contributed by atoms with Gasteiger partial charge in [0, 0.05) is 50.7 Å². The molecule has 3 aromatic heterocycles. The van der Waals surface area contributed by atoms with Crippen LogP contribution in [0.25, 0.3) is 22.3 Å². The summed E-state index contributed by atoms with van der Waals surface area (Å²) in [7, 11) is 3.30. The molecule has 1 N–H and O–H groups in total. The van der Waals surface area contributed by atoms with E-state index >= 15 is 0 Å². The molecule has 0 bridgehead atoms. The number of ketones is 1. The predicted octanol–water partition coefficient (Wildman–Crippen LogP) is 2.53. The lowest BCUT2D eigenvalue weighted by Crippen LogP contribution is -2.56. The number of Topliss-reactive ketones (excluding diaryl/α,β-unsaturated/α-hetero) is 1. The second-order valence-corrected chi connectivity index (χ2v) is 8.80. The summed E-state index contributed by atoms with van der Waals surface area (Å²) in [5.41, 5.74) is 2.56. The Morgan fingerprint density at radius 2 is 1.89 bits per heavy atom. The molecule has 36 heavy (non-hydrogen) atoms. The van der Waals surface area contributed by atoms with E-state index in [9.17, 15) is 14.4 Å². The van der Waals surface area contributed by atoms with Gasteiger partial charge in [0.25, 0.3) is 17.6 Å². The van der Waals surface area contributed by atoms with Crippen molar-refractivity contribution in [1.29, 1.82) is 0 Å². The Balaban J connectivity index is 1.40. The number of ether oxygens (including phenoxy) is 1. The number of methoxy groups -OCH3 is 1. The number of aryl methyl sites for hydroxylation is 1. The number of fused-ring (bicyclic) bond motifs is 1. The molecule has 5 rings (SSSR count). The quantitative estimate of drug-likeness (QED) is 0.343. The molecule has 1 aromatic carbocycles. The zero-order valence-electron chi connectivity index (χ0n) is 20.3. The van der Waals surface area contributed by atoms with E-state index in [1.807, 2.05) is 31.2 Å². The van der Waals surface area contributed by atoms with Crippen molar-refractivity contribution in [3.05, 3.63) is 66.1 Å². The third-order valence-electron chi connectivity index (χ3n) is 6.49. The van der Waals surface area contributed by atoms with Gasteiger partial charge in [-0.15, -0.1) is 0 Å². The van der Waals surface area contributed by atoms with Gasteiger partial charge in [-0.05, 0) is 25.1 Å². The maximum absolute atomic E-state index is 13.4. The molecule has 184 valence electrons. The molecule has 10 nitrogen and oxygen atoms in total. The third-order valence-corrected chi connectivity index (χ3v) is 6.49. The van der Waals surface area contributed by atoms with Gasteiger partial charge >= 0.3 is 0 Å². The number of H-pyrrole nitrogens is 1. The van der Waals surface area contributed by atoms with Gasteiger partial charge in [0.05, 0.1) is 29.8 Å². The van der Waals surface area contributed by atoms with Crippen LogP contribution in [0, 0.1) is 0 Å². The van der Waals surface area contributed by atoms with Crippen molar-refractivity contribution in [2.75, 3.05) is 26.7 Å². The normalized spacial score (nSPS) is 15.8. The zero-order chi connectivity index (χ0) is 25.4. The minimum absolute atomic E-state index is 0.0863. The average Bonchev–Trinajstić information content (AvgIpc) is 3.54. The highest BCUT2D eigenvalue weighted by Gasteiger charge is 2.35. The summed E-state index contributed by atoms with van der Waals surface area (Å²) >= 11 is 0. The topological polar surface area (TPSA) is 113 Å². The number of hydrogen-bond donors (Lipinski definition) is 1. The largest absolute Gasteiger partial charge is 0.494 e. The SMILES string of the molecule is COc1cnc(-c2ccn(C)n2)c2[nH]cc(C(=O)C(=O)N3CCN(C(=O)c4ccccc4)C[C@H]3C)c12. The number of rotatable bonds is 5. The van der Waals surface area contributed by atoms with Crippen molar-refractivity contribution < 1.29 is 19.1 Å². The summed E-state index contributed by atoms with van der Waals surface area (Å²) in [6.07, 6.45) is 4.84. The maximum atomic E-state index is 13.4. The van der Waals surface area contributed by atoms with E-state index in [1.54, 1.807) is 35.0 Å². The number of benzene rings is 1. The van der Waals surface area contributed by atoms with Crippen LogP contribution in [0.1, 0.15) is 27.6 Å². The molecule has 1 aliphatic heterocycles. The monoisotopic (exact) mass is 486 g/mol. The van der Waals surface area contributed by atoms with E-state index in [-0.39, 0.29) is 24.1 Å². The van der Waals surface area contributed by atoms with E-state index in [1.165, 1.54) is 24.4 Å². The Morgan fingerprint density at radius 1 is 1.11 bits per heavy atom. The summed E-state index contributed by atoms with van der Waals surface area (Å²) in [6.45, 7) is 2.80. The first-order chi connectivity index (χ1) is 17.4. The van der Waals surface area contributed by atoms with Crippen molar-refractivity contribution in [3.63, 3.8) is 0 Å². The number of aromatic nitrogens is 4. The van der Waals surface area contributed by atoms with E-state index in [2.05, 4.69) is 15.1 Å². The highest BCUT2D eigenvalue weighted by molar-refractivity contribution is 6.45. The highest BCUT2D eigenvalue weighted by Crippen LogP contribution is 2.34. The van der Waals surface area contributed by atoms with Crippen LogP contribution in [-0.2, 0) is 11.8 Å². The molecule has 4 heterocycles. The first-order valence-electron chi connectivity index (χ1n) is 11.6. The summed E-state index contributed by atoms with van der Waals surface area (Å²) in [5, 5.41) is 4.89. The Bertz CT molecular complexity index is 1460. The van der Waals surface area contributed by atoms with Crippen molar-refractivity contribution in [2.45, 2.75) is 13.0 Å². The van der Waals surface area contributed by atoms with Crippen LogP contribution in [0.2, 0.25) is 0 Å². The Hall–Kier alpha value is -4.47. The van der Waals surface area contributed by atoms with Crippen LogP contribution >= 0.6 is 0 Å². The van der Waals surface area contributed by atoms with Gasteiger partial charge in [0.2, 0.25) is 0 Å². The lowest BCUT2D eigenvalue weighted by molar-refractivity contribution is -0.130. The average molecular weight is 487 g/mol. The number of hydrogen-bond acceptors (Lipinski definition) is 6. The summed E-state index contributed by atoms with van der Waals surface area (Å²) in [4.78, 5) is 50.4. The fourth-order valence-electron chi connectivity index (χ4n) is 4.64.